The molecule has 6 nitrogen and oxygen atoms in total. The maximum Gasteiger partial charge on any atom is 0.336 e. The summed E-state index contributed by atoms with van der Waals surface area (Å²) in [7, 11) is 0. The Labute approximate surface area is 112 Å². The van der Waals surface area contributed by atoms with Crippen LogP contribution in [0.5, 0.6) is 0 Å². The second-order valence-corrected chi connectivity index (χ2v) is 4.24. The van der Waals surface area contributed by atoms with Gasteiger partial charge in [0.1, 0.15) is 0 Å². The topological polar surface area (TPSA) is 100 Å². The van der Waals surface area contributed by atoms with Crippen LogP contribution in [0.1, 0.15) is 20.7 Å². The van der Waals surface area contributed by atoms with Crippen molar-refractivity contribution in [3.8, 4) is 0 Å². The minimum Gasteiger partial charge on any atom is -0.478 e. The predicted octanol–water partition coefficient (Wildman–Crippen LogP) is 2.18. The summed E-state index contributed by atoms with van der Waals surface area (Å²) in [4.78, 5) is 22.3. The molecule has 0 amide bonds. The van der Waals surface area contributed by atoms with Crippen molar-refractivity contribution >= 4 is 33.7 Å². The Hall–Kier alpha value is -3.02. The maximum atomic E-state index is 11.2. The number of hydrogen-bond acceptors (Lipinski definition) is 4. The number of rotatable bonds is 2. The van der Waals surface area contributed by atoms with Gasteiger partial charge in [0.15, 0.2) is 0 Å². The fourth-order valence-electron chi connectivity index (χ4n) is 2.14. The van der Waals surface area contributed by atoms with Crippen LogP contribution < -0.4 is 0 Å². The first-order valence-corrected chi connectivity index (χ1v) is 5.73. The fraction of sp³-hybridized carbons (Fsp3) is 0. The van der Waals surface area contributed by atoms with Crippen molar-refractivity contribution in [1.82, 2.24) is 10.2 Å². The lowest BCUT2D eigenvalue weighted by Gasteiger charge is -2.06. The van der Waals surface area contributed by atoms with Crippen molar-refractivity contribution in [3.05, 3.63) is 47.5 Å². The number of carboxylic acids is 2. The Bertz CT molecular complexity index is 874. The molecule has 3 aromatic rings. The van der Waals surface area contributed by atoms with Crippen LogP contribution in [0.25, 0.3) is 21.8 Å². The highest BCUT2D eigenvalue weighted by Gasteiger charge is 2.18. The summed E-state index contributed by atoms with van der Waals surface area (Å²) >= 11 is 0. The predicted molar refractivity (Wildman–Crippen MR) is 71.0 cm³/mol. The zero-order valence-electron chi connectivity index (χ0n) is 10.1. The normalized spacial score (nSPS) is 10.8. The van der Waals surface area contributed by atoms with Crippen molar-refractivity contribution in [2.75, 3.05) is 0 Å². The third-order valence-electron chi connectivity index (χ3n) is 3.06. The monoisotopic (exact) mass is 268 g/mol. The van der Waals surface area contributed by atoms with Crippen molar-refractivity contribution in [2.24, 2.45) is 0 Å². The lowest BCUT2D eigenvalue weighted by Crippen LogP contribution is -2.08. The van der Waals surface area contributed by atoms with E-state index in [0.29, 0.717) is 16.4 Å². The molecule has 2 N–H and O–H groups in total. The molecule has 0 radical (unpaired) electrons. The molecule has 3 rings (SSSR count). The standard InChI is InChI=1S/C14H8N2O4/c17-13(18)9-5-8-7-3-1-2-4-11(7)15-16-12(8)6-10(9)14(19)20/h1-6H,(H,17,18)(H,19,20). The van der Waals surface area contributed by atoms with Gasteiger partial charge in [-0.2, -0.15) is 0 Å². The number of carbonyl (C=O) groups is 2. The summed E-state index contributed by atoms with van der Waals surface area (Å²) in [5.74, 6) is -2.59. The number of fused-ring (bicyclic) bond motifs is 3. The van der Waals surface area contributed by atoms with Gasteiger partial charge in [-0.25, -0.2) is 9.59 Å². The van der Waals surface area contributed by atoms with Crippen LogP contribution in [0.4, 0.5) is 0 Å². The molecule has 0 saturated carbocycles. The number of aromatic nitrogens is 2. The van der Waals surface area contributed by atoms with Crippen molar-refractivity contribution in [3.63, 3.8) is 0 Å². The van der Waals surface area contributed by atoms with Crippen LogP contribution in [0.3, 0.4) is 0 Å². The van der Waals surface area contributed by atoms with Crippen molar-refractivity contribution in [1.29, 1.82) is 0 Å². The van der Waals surface area contributed by atoms with E-state index in [0.717, 1.165) is 5.39 Å². The number of carboxylic acid groups (broad SMARTS) is 2. The van der Waals surface area contributed by atoms with Crippen LogP contribution in [0.2, 0.25) is 0 Å². The van der Waals surface area contributed by atoms with Crippen LogP contribution in [0, 0.1) is 0 Å². The van der Waals surface area contributed by atoms with E-state index in [4.69, 9.17) is 10.2 Å². The van der Waals surface area contributed by atoms with E-state index in [1.54, 1.807) is 24.3 Å². The Morgan fingerprint density at radius 2 is 1.40 bits per heavy atom. The highest BCUT2D eigenvalue weighted by atomic mass is 16.4. The number of benzene rings is 2. The van der Waals surface area contributed by atoms with E-state index in [2.05, 4.69) is 10.2 Å². The summed E-state index contributed by atoms with van der Waals surface area (Å²) in [6, 6.07) is 9.71. The van der Waals surface area contributed by atoms with E-state index in [1.807, 2.05) is 0 Å². The second kappa shape index (κ2) is 4.27. The highest BCUT2D eigenvalue weighted by Crippen LogP contribution is 2.25. The Morgan fingerprint density at radius 1 is 0.800 bits per heavy atom. The molecule has 0 saturated heterocycles. The van der Waals surface area contributed by atoms with Crippen molar-refractivity contribution in [2.45, 2.75) is 0 Å². The molecular formula is C14H8N2O4. The largest absolute Gasteiger partial charge is 0.478 e. The van der Waals surface area contributed by atoms with Crippen LogP contribution >= 0.6 is 0 Å². The number of nitrogens with zero attached hydrogens (tertiary/aromatic N) is 2. The number of hydrogen-bond donors (Lipinski definition) is 2. The first-order chi connectivity index (χ1) is 9.58. The van der Waals surface area contributed by atoms with E-state index in [-0.39, 0.29) is 11.1 Å². The molecule has 0 bridgehead atoms. The molecule has 1 aromatic heterocycles. The zero-order valence-corrected chi connectivity index (χ0v) is 10.1. The van der Waals surface area contributed by atoms with E-state index in [9.17, 15) is 9.59 Å². The molecule has 0 aliphatic carbocycles. The van der Waals surface area contributed by atoms with Crippen LogP contribution in [-0.2, 0) is 0 Å². The molecule has 20 heavy (non-hydrogen) atoms. The van der Waals surface area contributed by atoms with Gasteiger partial charge in [-0.05, 0) is 18.2 Å². The molecule has 0 spiro atoms. The third kappa shape index (κ3) is 1.74. The van der Waals surface area contributed by atoms with Gasteiger partial charge in [0.05, 0.1) is 22.2 Å². The van der Waals surface area contributed by atoms with Gasteiger partial charge in [0, 0.05) is 10.8 Å². The first-order valence-electron chi connectivity index (χ1n) is 5.73. The lowest BCUT2D eigenvalue weighted by atomic mass is 10.0. The summed E-state index contributed by atoms with van der Waals surface area (Å²) < 4.78 is 0. The van der Waals surface area contributed by atoms with Crippen LogP contribution in [-0.4, -0.2) is 32.3 Å². The van der Waals surface area contributed by atoms with Gasteiger partial charge in [-0.3, -0.25) is 0 Å². The summed E-state index contributed by atoms with van der Waals surface area (Å²) in [5, 5.41) is 27.5. The summed E-state index contributed by atoms with van der Waals surface area (Å²) in [6.45, 7) is 0. The number of aromatic carboxylic acids is 2. The lowest BCUT2D eigenvalue weighted by molar-refractivity contribution is 0.0652. The van der Waals surface area contributed by atoms with Gasteiger partial charge in [0.25, 0.3) is 0 Å². The van der Waals surface area contributed by atoms with E-state index >= 15 is 0 Å². The molecule has 0 atom stereocenters. The van der Waals surface area contributed by atoms with Crippen LogP contribution in [0.15, 0.2) is 36.4 Å². The molecule has 98 valence electrons. The molecule has 0 aliphatic rings. The molecule has 6 heteroatoms. The SMILES string of the molecule is O=C(O)c1cc2nnc3ccccc3c2cc1C(=O)O. The Kier molecular flexibility index (Phi) is 2.57. The fourth-order valence-corrected chi connectivity index (χ4v) is 2.14. The Balaban J connectivity index is 2.48. The molecule has 1 heterocycles. The van der Waals surface area contributed by atoms with E-state index < -0.39 is 11.9 Å². The van der Waals surface area contributed by atoms with Gasteiger partial charge in [0.2, 0.25) is 0 Å². The minimum atomic E-state index is -1.31. The quantitative estimate of drug-likeness (QED) is 0.691. The molecule has 2 aromatic carbocycles. The zero-order chi connectivity index (χ0) is 14.3. The average Bonchev–Trinajstić information content (AvgIpc) is 2.45. The van der Waals surface area contributed by atoms with Crippen molar-refractivity contribution < 1.29 is 19.8 Å². The summed E-state index contributed by atoms with van der Waals surface area (Å²) in [6.07, 6.45) is 0. The molecule has 0 fully saturated rings. The molecular weight excluding hydrogens is 260 g/mol. The van der Waals surface area contributed by atoms with Gasteiger partial charge in [-0.1, -0.05) is 18.2 Å². The van der Waals surface area contributed by atoms with Gasteiger partial charge < -0.3 is 10.2 Å². The third-order valence-corrected chi connectivity index (χ3v) is 3.06. The van der Waals surface area contributed by atoms with E-state index in [1.165, 1.54) is 12.1 Å². The average molecular weight is 268 g/mol. The Morgan fingerprint density at radius 3 is 2.10 bits per heavy atom. The minimum absolute atomic E-state index is 0.261. The molecule has 0 aliphatic heterocycles. The maximum absolute atomic E-state index is 11.2. The summed E-state index contributed by atoms with van der Waals surface area (Å²) in [5.41, 5.74) is 0.420. The second-order valence-electron chi connectivity index (χ2n) is 4.24. The first kappa shape index (κ1) is 12.0. The smallest absolute Gasteiger partial charge is 0.336 e. The van der Waals surface area contributed by atoms with Gasteiger partial charge >= 0.3 is 11.9 Å². The molecule has 0 unspecified atom stereocenters. The van der Waals surface area contributed by atoms with Gasteiger partial charge in [-0.15, -0.1) is 10.2 Å². The highest BCUT2D eigenvalue weighted by molar-refractivity contribution is 6.11.